The van der Waals surface area contributed by atoms with E-state index in [0.717, 1.165) is 0 Å². The van der Waals surface area contributed by atoms with Crippen molar-refractivity contribution in [1.29, 1.82) is 0 Å². The van der Waals surface area contributed by atoms with Gasteiger partial charge in [-0.1, -0.05) is 12.2 Å². The molecule has 0 fully saturated rings. The number of methoxy groups -OCH3 is 2. The van der Waals surface area contributed by atoms with E-state index in [0.29, 0.717) is 17.1 Å². The maximum absolute atomic E-state index is 9.71. The van der Waals surface area contributed by atoms with Crippen LogP contribution in [0, 0.1) is 0 Å². The third-order valence-corrected chi connectivity index (χ3v) is 1.88. The van der Waals surface area contributed by atoms with E-state index in [1.54, 1.807) is 25.3 Å². The molecule has 0 aromatic heterocycles. The monoisotopic (exact) mass is 194 g/mol. The minimum Gasteiger partial charge on any atom is -0.504 e. The van der Waals surface area contributed by atoms with Gasteiger partial charge in [0.05, 0.1) is 14.2 Å². The molecule has 1 rings (SSSR count). The molecule has 0 saturated carbocycles. The predicted molar refractivity (Wildman–Crippen MR) is 55.9 cm³/mol. The molecule has 0 amide bonds. The predicted octanol–water partition coefficient (Wildman–Crippen LogP) is 2.44. The highest BCUT2D eigenvalue weighted by Crippen LogP contribution is 2.35. The van der Waals surface area contributed by atoms with Gasteiger partial charge in [-0.2, -0.15) is 0 Å². The largest absolute Gasteiger partial charge is 0.504 e. The lowest BCUT2D eigenvalue weighted by Gasteiger charge is -2.08. The smallest absolute Gasteiger partial charge is 0.165 e. The summed E-state index contributed by atoms with van der Waals surface area (Å²) >= 11 is 0. The number of aromatic hydroxyl groups is 1. The minimum atomic E-state index is 0.131. The second-order valence-electron chi connectivity index (χ2n) is 2.77. The number of benzene rings is 1. The standard InChI is InChI=1S/C11H14O3/c1-4-5-8-6-9(13-2)7-10(14-3)11(8)12/h4-7,12H,1-3H3/b5-4+. The number of hydrogen-bond donors (Lipinski definition) is 1. The number of hydrogen-bond acceptors (Lipinski definition) is 3. The van der Waals surface area contributed by atoms with Crippen LogP contribution >= 0.6 is 0 Å². The van der Waals surface area contributed by atoms with Crippen molar-refractivity contribution in [2.75, 3.05) is 14.2 Å². The molecule has 1 N–H and O–H groups in total. The molecule has 0 aliphatic rings. The maximum atomic E-state index is 9.71. The summed E-state index contributed by atoms with van der Waals surface area (Å²) in [6.45, 7) is 1.88. The van der Waals surface area contributed by atoms with Crippen molar-refractivity contribution >= 4 is 6.08 Å². The number of rotatable bonds is 3. The number of allylic oxidation sites excluding steroid dienone is 1. The highest BCUT2D eigenvalue weighted by molar-refractivity contribution is 5.64. The summed E-state index contributed by atoms with van der Waals surface area (Å²) in [5.74, 6) is 1.21. The molecule has 3 heteroatoms. The zero-order valence-corrected chi connectivity index (χ0v) is 8.57. The van der Waals surface area contributed by atoms with Gasteiger partial charge in [0.15, 0.2) is 11.5 Å². The maximum Gasteiger partial charge on any atom is 0.165 e. The molecular weight excluding hydrogens is 180 g/mol. The average Bonchev–Trinajstić information content (AvgIpc) is 2.21. The van der Waals surface area contributed by atoms with E-state index in [2.05, 4.69) is 0 Å². The topological polar surface area (TPSA) is 38.7 Å². The summed E-state index contributed by atoms with van der Waals surface area (Å²) in [4.78, 5) is 0. The van der Waals surface area contributed by atoms with Crippen LogP contribution < -0.4 is 9.47 Å². The van der Waals surface area contributed by atoms with Crippen LogP contribution in [0.25, 0.3) is 6.08 Å². The first-order valence-corrected chi connectivity index (χ1v) is 4.30. The van der Waals surface area contributed by atoms with Gasteiger partial charge in [-0.05, 0) is 13.0 Å². The molecule has 3 nitrogen and oxygen atoms in total. The van der Waals surface area contributed by atoms with Crippen molar-refractivity contribution in [3.63, 3.8) is 0 Å². The zero-order chi connectivity index (χ0) is 10.6. The quantitative estimate of drug-likeness (QED) is 0.803. The van der Waals surface area contributed by atoms with Crippen molar-refractivity contribution in [2.45, 2.75) is 6.92 Å². The minimum absolute atomic E-state index is 0.131. The molecule has 0 heterocycles. The van der Waals surface area contributed by atoms with Crippen molar-refractivity contribution in [1.82, 2.24) is 0 Å². The summed E-state index contributed by atoms with van der Waals surface area (Å²) in [7, 11) is 3.08. The molecule has 1 aromatic rings. The number of phenolic OH excluding ortho intramolecular Hbond substituents is 1. The fourth-order valence-corrected chi connectivity index (χ4v) is 1.18. The van der Waals surface area contributed by atoms with Crippen LogP contribution in [0.5, 0.6) is 17.2 Å². The lowest BCUT2D eigenvalue weighted by molar-refractivity contribution is 0.363. The number of ether oxygens (including phenoxy) is 2. The van der Waals surface area contributed by atoms with Gasteiger partial charge in [0.2, 0.25) is 0 Å². The fourth-order valence-electron chi connectivity index (χ4n) is 1.18. The molecule has 0 saturated heterocycles. The van der Waals surface area contributed by atoms with Crippen molar-refractivity contribution < 1.29 is 14.6 Å². The van der Waals surface area contributed by atoms with Gasteiger partial charge >= 0.3 is 0 Å². The van der Waals surface area contributed by atoms with Crippen molar-refractivity contribution in [3.05, 3.63) is 23.8 Å². The van der Waals surface area contributed by atoms with Crippen LogP contribution in [0.4, 0.5) is 0 Å². The third-order valence-electron chi connectivity index (χ3n) is 1.88. The Kier molecular flexibility index (Phi) is 3.40. The van der Waals surface area contributed by atoms with Gasteiger partial charge in [-0.15, -0.1) is 0 Å². The van der Waals surface area contributed by atoms with Gasteiger partial charge in [-0.3, -0.25) is 0 Å². The zero-order valence-electron chi connectivity index (χ0n) is 8.57. The van der Waals surface area contributed by atoms with Crippen LogP contribution in [0.15, 0.2) is 18.2 Å². The lowest BCUT2D eigenvalue weighted by atomic mass is 10.1. The number of phenols is 1. The Labute approximate surface area is 83.6 Å². The van der Waals surface area contributed by atoms with Crippen LogP contribution in [-0.2, 0) is 0 Å². The molecular formula is C11H14O3. The molecule has 0 unspecified atom stereocenters. The van der Waals surface area contributed by atoms with E-state index < -0.39 is 0 Å². The summed E-state index contributed by atoms with van der Waals surface area (Å²) in [5.41, 5.74) is 0.684. The first kappa shape index (κ1) is 10.4. The molecule has 76 valence electrons. The Hall–Kier alpha value is -1.64. The van der Waals surface area contributed by atoms with E-state index in [-0.39, 0.29) is 5.75 Å². The summed E-state index contributed by atoms with van der Waals surface area (Å²) < 4.78 is 10.1. The van der Waals surface area contributed by atoms with E-state index in [1.165, 1.54) is 7.11 Å². The molecule has 0 radical (unpaired) electrons. The van der Waals surface area contributed by atoms with E-state index >= 15 is 0 Å². The first-order valence-electron chi connectivity index (χ1n) is 4.30. The molecule has 14 heavy (non-hydrogen) atoms. The molecule has 0 aliphatic carbocycles. The SMILES string of the molecule is C/C=C/c1cc(OC)cc(OC)c1O. The Bertz CT molecular complexity index is 343. The summed E-state index contributed by atoms with van der Waals surface area (Å²) in [5, 5.41) is 9.71. The molecule has 1 aromatic carbocycles. The Morgan fingerprint density at radius 2 is 1.93 bits per heavy atom. The van der Waals surface area contributed by atoms with E-state index in [1.807, 2.05) is 13.0 Å². The second kappa shape index (κ2) is 4.56. The van der Waals surface area contributed by atoms with Gasteiger partial charge < -0.3 is 14.6 Å². The van der Waals surface area contributed by atoms with Crippen molar-refractivity contribution in [3.8, 4) is 17.2 Å². The fraction of sp³-hybridized carbons (Fsp3) is 0.273. The van der Waals surface area contributed by atoms with E-state index in [4.69, 9.17) is 9.47 Å². The Morgan fingerprint density at radius 1 is 1.21 bits per heavy atom. The molecule has 0 spiro atoms. The van der Waals surface area contributed by atoms with Gasteiger partial charge in [0.1, 0.15) is 5.75 Å². The van der Waals surface area contributed by atoms with Gasteiger partial charge in [0.25, 0.3) is 0 Å². The summed E-state index contributed by atoms with van der Waals surface area (Å²) in [6, 6.07) is 3.39. The highest BCUT2D eigenvalue weighted by Gasteiger charge is 2.08. The van der Waals surface area contributed by atoms with Crippen LogP contribution in [0.1, 0.15) is 12.5 Å². The van der Waals surface area contributed by atoms with Crippen LogP contribution in [0.3, 0.4) is 0 Å². The lowest BCUT2D eigenvalue weighted by Crippen LogP contribution is -1.89. The Balaban J connectivity index is 3.26. The second-order valence-corrected chi connectivity index (χ2v) is 2.77. The third kappa shape index (κ3) is 1.99. The van der Waals surface area contributed by atoms with Gasteiger partial charge in [0, 0.05) is 11.6 Å². The normalized spacial score (nSPS) is 10.5. The Morgan fingerprint density at radius 3 is 2.43 bits per heavy atom. The molecule has 0 atom stereocenters. The molecule has 0 aliphatic heterocycles. The van der Waals surface area contributed by atoms with Crippen molar-refractivity contribution in [2.24, 2.45) is 0 Å². The average molecular weight is 194 g/mol. The summed E-state index contributed by atoms with van der Waals surface area (Å²) in [6.07, 6.45) is 3.63. The first-order chi connectivity index (χ1) is 6.72. The van der Waals surface area contributed by atoms with Crippen LogP contribution in [-0.4, -0.2) is 19.3 Å². The van der Waals surface area contributed by atoms with Crippen LogP contribution in [0.2, 0.25) is 0 Å². The van der Waals surface area contributed by atoms with E-state index in [9.17, 15) is 5.11 Å². The molecule has 0 bridgehead atoms. The van der Waals surface area contributed by atoms with Gasteiger partial charge in [-0.25, -0.2) is 0 Å². The highest BCUT2D eigenvalue weighted by atomic mass is 16.5.